The van der Waals surface area contributed by atoms with Gasteiger partial charge in [-0.05, 0) is 51.5 Å². The molecule has 0 fully saturated rings. The Bertz CT molecular complexity index is 679. The van der Waals surface area contributed by atoms with Gasteiger partial charge in [-0.3, -0.25) is 9.59 Å². The number of carbonyl (C=O) groups is 3. The van der Waals surface area contributed by atoms with Crippen LogP contribution in [-0.2, 0) is 19.1 Å². The molecule has 7 heteroatoms. The number of esters is 1. The lowest BCUT2D eigenvalue weighted by Crippen LogP contribution is -2.62. The topological polar surface area (TPSA) is 87.7 Å². The Morgan fingerprint density at radius 1 is 1.06 bits per heavy atom. The number of amides is 2. The molecule has 0 rings (SSSR count). The lowest BCUT2D eigenvalue weighted by molar-refractivity contribution is -0.142. The van der Waals surface area contributed by atoms with Gasteiger partial charge in [-0.15, -0.1) is 0 Å². The van der Waals surface area contributed by atoms with E-state index in [4.69, 9.17) is 4.74 Å². The molecule has 3 unspecified atom stereocenters. The van der Waals surface area contributed by atoms with Gasteiger partial charge in [0.25, 0.3) is 0 Å². The van der Waals surface area contributed by atoms with Crippen LogP contribution in [-0.4, -0.2) is 61.0 Å². The van der Waals surface area contributed by atoms with Crippen LogP contribution in [0.3, 0.4) is 0 Å². The first kappa shape index (κ1) is 30.1. The average Bonchev–Trinajstić information content (AvgIpc) is 2.66. The molecule has 0 saturated carbocycles. The lowest BCUT2D eigenvalue weighted by atomic mass is 9.83. The number of carbonyl (C=O) groups excluding carboxylic acids is 3. The fourth-order valence-electron chi connectivity index (χ4n) is 3.73. The highest BCUT2D eigenvalue weighted by molar-refractivity contribution is 5.92. The van der Waals surface area contributed by atoms with Crippen molar-refractivity contribution < 1.29 is 19.1 Å². The fraction of sp³-hybridized carbons (Fsp3) is 0.800. The summed E-state index contributed by atoms with van der Waals surface area (Å²) in [6, 6.07) is -1.04. The Balaban J connectivity index is 5.96. The van der Waals surface area contributed by atoms with E-state index < -0.39 is 23.0 Å². The van der Waals surface area contributed by atoms with Crippen molar-refractivity contribution in [1.29, 1.82) is 0 Å². The molecule has 2 N–H and O–H groups in total. The summed E-state index contributed by atoms with van der Waals surface area (Å²) < 4.78 is 5.09. The van der Waals surface area contributed by atoms with Crippen LogP contribution in [0.2, 0.25) is 0 Å². The Morgan fingerprint density at radius 3 is 1.97 bits per heavy atom. The Hall–Kier alpha value is -1.89. The highest BCUT2D eigenvalue weighted by Gasteiger charge is 2.41. The molecule has 0 saturated heterocycles. The second-order valence-electron chi connectivity index (χ2n) is 10.7. The van der Waals surface area contributed by atoms with E-state index >= 15 is 0 Å². The predicted octanol–water partition coefficient (Wildman–Crippen LogP) is 3.53. The molecule has 0 bridgehead atoms. The van der Waals surface area contributed by atoms with E-state index in [1.54, 1.807) is 38.9 Å². The summed E-state index contributed by atoms with van der Waals surface area (Å²) in [6.45, 7) is 19.5. The molecular formula is C25H47N3O4. The van der Waals surface area contributed by atoms with Crippen LogP contribution in [0, 0.1) is 17.3 Å². The van der Waals surface area contributed by atoms with E-state index in [0.29, 0.717) is 24.5 Å². The number of hydrogen-bond donors (Lipinski definition) is 2. The van der Waals surface area contributed by atoms with Crippen molar-refractivity contribution in [2.75, 3.05) is 20.7 Å². The first-order valence-electron chi connectivity index (χ1n) is 11.6. The number of nitrogens with zero attached hydrogens (tertiary/aromatic N) is 1. The molecule has 0 aromatic carbocycles. The van der Waals surface area contributed by atoms with Crippen LogP contribution < -0.4 is 10.6 Å². The Morgan fingerprint density at radius 2 is 1.59 bits per heavy atom. The normalized spacial score (nSPS) is 16.4. The first-order chi connectivity index (χ1) is 14.5. The fourth-order valence-corrected chi connectivity index (χ4v) is 3.73. The van der Waals surface area contributed by atoms with Gasteiger partial charge in [0.1, 0.15) is 6.04 Å². The molecule has 0 aromatic rings. The van der Waals surface area contributed by atoms with E-state index in [0.717, 1.165) is 0 Å². The van der Waals surface area contributed by atoms with Gasteiger partial charge in [0.2, 0.25) is 11.8 Å². The van der Waals surface area contributed by atoms with Gasteiger partial charge in [-0.25, -0.2) is 4.79 Å². The third kappa shape index (κ3) is 8.57. The van der Waals surface area contributed by atoms with Crippen LogP contribution in [0.15, 0.2) is 11.6 Å². The van der Waals surface area contributed by atoms with Gasteiger partial charge in [0.05, 0.1) is 18.2 Å². The van der Waals surface area contributed by atoms with Gasteiger partial charge >= 0.3 is 5.97 Å². The Labute approximate surface area is 195 Å². The first-order valence-corrected chi connectivity index (χ1v) is 11.6. The number of nitrogens with one attached hydrogen (secondary N) is 2. The standard InChI is InChI=1S/C25H47N3O4/c1-13-32-22(30)18(6)14-19(17(4)5)28(12)21(29)20(24(7,8)9)27-23(31)25(10,26-11)15-16(2)3/h14,16-17,19-20,26H,13,15H2,1-12H3,(H,27,31)/b18-14+. The van der Waals surface area contributed by atoms with Gasteiger partial charge in [-0.2, -0.15) is 0 Å². The molecule has 0 spiro atoms. The molecule has 0 aliphatic rings. The van der Waals surface area contributed by atoms with Crippen molar-refractivity contribution in [3.05, 3.63) is 11.6 Å². The minimum absolute atomic E-state index is 0.0631. The van der Waals surface area contributed by atoms with E-state index in [2.05, 4.69) is 24.5 Å². The maximum Gasteiger partial charge on any atom is 0.333 e. The van der Waals surface area contributed by atoms with Crippen molar-refractivity contribution >= 4 is 17.8 Å². The molecule has 7 nitrogen and oxygen atoms in total. The van der Waals surface area contributed by atoms with Crippen molar-refractivity contribution in [2.45, 2.75) is 93.3 Å². The summed E-state index contributed by atoms with van der Waals surface area (Å²) in [5.41, 5.74) is -0.829. The van der Waals surface area contributed by atoms with Gasteiger partial charge in [-0.1, -0.05) is 54.5 Å². The smallest absolute Gasteiger partial charge is 0.333 e. The molecule has 0 radical (unpaired) electrons. The third-order valence-electron chi connectivity index (χ3n) is 5.75. The van der Waals surface area contributed by atoms with Crippen molar-refractivity contribution in [3.63, 3.8) is 0 Å². The van der Waals surface area contributed by atoms with Crippen LogP contribution >= 0.6 is 0 Å². The SMILES string of the molecule is CCOC(=O)/C(C)=C/C(C(C)C)N(C)C(=O)C(NC(=O)C(C)(CC(C)C)NC)C(C)(C)C. The van der Waals surface area contributed by atoms with Crippen molar-refractivity contribution in [1.82, 2.24) is 15.5 Å². The number of likely N-dealkylation sites (N-methyl/N-ethyl adjacent to an activating group) is 2. The van der Waals surface area contributed by atoms with Crippen LogP contribution in [0.1, 0.15) is 75.7 Å². The van der Waals surface area contributed by atoms with E-state index in [1.165, 1.54) is 0 Å². The van der Waals surface area contributed by atoms with Crippen LogP contribution in [0.25, 0.3) is 0 Å². The van der Waals surface area contributed by atoms with E-state index in [9.17, 15) is 14.4 Å². The second kappa shape index (κ2) is 12.4. The number of ether oxygens (including phenoxy) is 1. The largest absolute Gasteiger partial charge is 0.463 e. The lowest BCUT2D eigenvalue weighted by Gasteiger charge is -2.39. The summed E-state index contributed by atoms with van der Waals surface area (Å²) in [7, 11) is 3.48. The third-order valence-corrected chi connectivity index (χ3v) is 5.75. The molecule has 0 heterocycles. The highest BCUT2D eigenvalue weighted by atomic mass is 16.5. The second-order valence-corrected chi connectivity index (χ2v) is 10.7. The predicted molar refractivity (Wildman–Crippen MR) is 130 cm³/mol. The molecule has 32 heavy (non-hydrogen) atoms. The minimum Gasteiger partial charge on any atom is -0.463 e. The van der Waals surface area contributed by atoms with Gasteiger partial charge in [0, 0.05) is 12.6 Å². The molecular weight excluding hydrogens is 406 g/mol. The highest BCUT2D eigenvalue weighted by Crippen LogP contribution is 2.25. The van der Waals surface area contributed by atoms with E-state index in [-0.39, 0.29) is 23.8 Å². The number of rotatable bonds is 11. The summed E-state index contributed by atoms with van der Waals surface area (Å²) in [5, 5.41) is 6.15. The summed E-state index contributed by atoms with van der Waals surface area (Å²) >= 11 is 0. The maximum absolute atomic E-state index is 13.6. The summed E-state index contributed by atoms with van der Waals surface area (Å²) in [4.78, 5) is 40.6. The summed E-state index contributed by atoms with van der Waals surface area (Å²) in [6.07, 6.45) is 2.42. The van der Waals surface area contributed by atoms with Crippen LogP contribution in [0.4, 0.5) is 0 Å². The zero-order chi connectivity index (χ0) is 25.4. The van der Waals surface area contributed by atoms with E-state index in [1.807, 2.05) is 41.5 Å². The van der Waals surface area contributed by atoms with Gasteiger partial charge in [0.15, 0.2) is 0 Å². The quantitative estimate of drug-likeness (QED) is 0.369. The zero-order valence-electron chi connectivity index (χ0n) is 22.4. The number of hydrogen-bond acceptors (Lipinski definition) is 5. The zero-order valence-corrected chi connectivity index (χ0v) is 22.4. The molecule has 2 amide bonds. The minimum atomic E-state index is -0.783. The maximum atomic E-state index is 13.6. The molecule has 0 aromatic heterocycles. The van der Waals surface area contributed by atoms with Crippen molar-refractivity contribution in [2.24, 2.45) is 17.3 Å². The molecule has 0 aliphatic heterocycles. The monoisotopic (exact) mass is 453 g/mol. The average molecular weight is 454 g/mol. The summed E-state index contributed by atoms with van der Waals surface area (Å²) in [5.74, 6) is -0.410. The molecule has 0 aliphatic carbocycles. The molecule has 3 atom stereocenters. The Kier molecular flexibility index (Phi) is 11.6. The van der Waals surface area contributed by atoms with Crippen LogP contribution in [0.5, 0.6) is 0 Å². The molecule has 186 valence electrons. The van der Waals surface area contributed by atoms with Gasteiger partial charge < -0.3 is 20.3 Å². The van der Waals surface area contributed by atoms with Crippen molar-refractivity contribution in [3.8, 4) is 0 Å².